The lowest BCUT2D eigenvalue weighted by atomic mass is 10.1. The number of aromatic nitrogens is 3. The molecule has 1 fully saturated rings. The molecule has 96 valence electrons. The number of hydrogen-bond donors (Lipinski definition) is 1. The molecule has 1 saturated heterocycles. The van der Waals surface area contributed by atoms with Gasteiger partial charge >= 0.3 is 0 Å². The van der Waals surface area contributed by atoms with Gasteiger partial charge in [0.15, 0.2) is 5.65 Å². The minimum Gasteiger partial charge on any atom is -0.376 e. The van der Waals surface area contributed by atoms with Gasteiger partial charge in [0.25, 0.3) is 0 Å². The van der Waals surface area contributed by atoms with Crippen LogP contribution in [0.3, 0.4) is 0 Å². The summed E-state index contributed by atoms with van der Waals surface area (Å²) in [5.41, 5.74) is 7.64. The number of nitrogen functional groups attached to an aromatic ring is 1. The van der Waals surface area contributed by atoms with Gasteiger partial charge in [0.2, 0.25) is 5.95 Å². The van der Waals surface area contributed by atoms with Crippen LogP contribution in [0.1, 0.15) is 25.8 Å². The van der Waals surface area contributed by atoms with E-state index in [4.69, 9.17) is 10.5 Å². The van der Waals surface area contributed by atoms with Gasteiger partial charge in [0, 0.05) is 17.3 Å². The Morgan fingerprint density at radius 2 is 2.44 bits per heavy atom. The topological polar surface area (TPSA) is 66.0 Å². The number of nitrogens with zero attached hydrogens (tertiary/aromatic N) is 3. The van der Waals surface area contributed by atoms with Gasteiger partial charge in [0.05, 0.1) is 12.1 Å². The first-order valence-corrected chi connectivity index (χ1v) is 6.86. The maximum Gasteiger partial charge on any atom is 0.202 e. The van der Waals surface area contributed by atoms with Crippen molar-refractivity contribution in [2.24, 2.45) is 0 Å². The fourth-order valence-electron chi connectivity index (χ4n) is 2.53. The van der Waals surface area contributed by atoms with E-state index in [1.54, 1.807) is 6.20 Å². The summed E-state index contributed by atoms with van der Waals surface area (Å²) in [7, 11) is 0. The normalized spacial score (nSPS) is 21.6. The van der Waals surface area contributed by atoms with Crippen LogP contribution in [0.2, 0.25) is 0 Å². The monoisotopic (exact) mass is 310 g/mol. The fraction of sp³-hybridized carbons (Fsp3) is 0.500. The average Bonchev–Trinajstić information content (AvgIpc) is 2.94. The van der Waals surface area contributed by atoms with Gasteiger partial charge in [-0.25, -0.2) is 9.97 Å². The first-order chi connectivity index (χ1) is 8.66. The van der Waals surface area contributed by atoms with Crippen LogP contribution in [0, 0.1) is 0 Å². The molecular formula is C12H15BrN4O. The van der Waals surface area contributed by atoms with Crippen LogP contribution in [0.15, 0.2) is 16.7 Å². The Morgan fingerprint density at radius 1 is 1.61 bits per heavy atom. The molecule has 3 heterocycles. The molecule has 6 heteroatoms. The van der Waals surface area contributed by atoms with E-state index in [9.17, 15) is 0 Å². The molecule has 1 aliphatic heterocycles. The highest BCUT2D eigenvalue weighted by molar-refractivity contribution is 9.10. The van der Waals surface area contributed by atoms with Crippen molar-refractivity contribution in [1.82, 2.24) is 14.5 Å². The van der Waals surface area contributed by atoms with Gasteiger partial charge in [-0.3, -0.25) is 4.57 Å². The summed E-state index contributed by atoms with van der Waals surface area (Å²) >= 11 is 3.39. The molecule has 2 N–H and O–H groups in total. The SMILES string of the molecule is CC(C1CCCO1)n1c(N)nc2cc(Br)cnc21. The van der Waals surface area contributed by atoms with E-state index in [2.05, 4.69) is 32.8 Å². The third-order valence-corrected chi connectivity index (χ3v) is 3.87. The zero-order valence-corrected chi connectivity index (χ0v) is 11.7. The molecule has 1 aliphatic rings. The zero-order chi connectivity index (χ0) is 12.7. The molecule has 0 aromatic carbocycles. The number of halogens is 1. The van der Waals surface area contributed by atoms with Crippen molar-refractivity contribution in [3.8, 4) is 0 Å². The number of rotatable bonds is 2. The lowest BCUT2D eigenvalue weighted by Crippen LogP contribution is -2.22. The highest BCUT2D eigenvalue weighted by Crippen LogP contribution is 2.29. The molecule has 0 saturated carbocycles. The Morgan fingerprint density at radius 3 is 3.17 bits per heavy atom. The molecule has 0 aliphatic carbocycles. The van der Waals surface area contributed by atoms with Crippen LogP contribution in [-0.2, 0) is 4.74 Å². The molecule has 3 rings (SSSR count). The van der Waals surface area contributed by atoms with Crippen LogP contribution in [-0.4, -0.2) is 27.2 Å². The molecule has 2 aromatic heterocycles. The molecule has 5 nitrogen and oxygen atoms in total. The van der Waals surface area contributed by atoms with E-state index < -0.39 is 0 Å². The Hall–Kier alpha value is -1.14. The van der Waals surface area contributed by atoms with Gasteiger partial charge in [-0.15, -0.1) is 0 Å². The summed E-state index contributed by atoms with van der Waals surface area (Å²) in [6.07, 6.45) is 4.15. The van der Waals surface area contributed by atoms with Crippen LogP contribution in [0.25, 0.3) is 11.2 Å². The molecule has 18 heavy (non-hydrogen) atoms. The predicted molar refractivity (Wildman–Crippen MR) is 73.3 cm³/mol. The first kappa shape index (κ1) is 11.9. The summed E-state index contributed by atoms with van der Waals surface area (Å²) in [6, 6.07) is 2.09. The average molecular weight is 311 g/mol. The van der Waals surface area contributed by atoms with Crippen molar-refractivity contribution in [3.63, 3.8) is 0 Å². The third-order valence-electron chi connectivity index (χ3n) is 3.43. The van der Waals surface area contributed by atoms with E-state index in [0.717, 1.165) is 35.1 Å². The third kappa shape index (κ3) is 1.89. The van der Waals surface area contributed by atoms with Gasteiger partial charge in [-0.2, -0.15) is 0 Å². The van der Waals surface area contributed by atoms with Crippen molar-refractivity contribution < 1.29 is 4.74 Å². The fourth-order valence-corrected chi connectivity index (χ4v) is 2.85. The number of anilines is 1. The lowest BCUT2D eigenvalue weighted by Gasteiger charge is -2.21. The van der Waals surface area contributed by atoms with Crippen molar-refractivity contribution >= 4 is 33.0 Å². The van der Waals surface area contributed by atoms with Crippen LogP contribution in [0.5, 0.6) is 0 Å². The minimum absolute atomic E-state index is 0.158. The Balaban J connectivity index is 2.07. The molecule has 0 amide bonds. The molecule has 0 bridgehead atoms. The van der Waals surface area contributed by atoms with Gasteiger partial charge in [0.1, 0.15) is 5.52 Å². The number of imidazole rings is 1. The number of pyridine rings is 1. The quantitative estimate of drug-likeness (QED) is 0.925. The minimum atomic E-state index is 0.158. The van der Waals surface area contributed by atoms with Crippen molar-refractivity contribution in [3.05, 3.63) is 16.7 Å². The van der Waals surface area contributed by atoms with E-state index in [1.165, 1.54) is 0 Å². The number of nitrogens with two attached hydrogens (primary N) is 1. The molecule has 2 unspecified atom stereocenters. The number of fused-ring (bicyclic) bond motifs is 1. The van der Waals surface area contributed by atoms with Crippen LogP contribution >= 0.6 is 15.9 Å². The van der Waals surface area contributed by atoms with Gasteiger partial charge < -0.3 is 10.5 Å². The summed E-state index contributed by atoms with van der Waals surface area (Å²) in [4.78, 5) is 8.77. The molecular weight excluding hydrogens is 296 g/mol. The van der Waals surface area contributed by atoms with Gasteiger partial charge in [-0.1, -0.05) is 0 Å². The zero-order valence-electron chi connectivity index (χ0n) is 10.1. The molecule has 0 spiro atoms. The Labute approximate surface area is 113 Å². The lowest BCUT2D eigenvalue weighted by molar-refractivity contribution is 0.0750. The second-order valence-corrected chi connectivity index (χ2v) is 5.54. The highest BCUT2D eigenvalue weighted by atomic mass is 79.9. The summed E-state index contributed by atoms with van der Waals surface area (Å²) in [5, 5.41) is 0. The molecule has 0 radical (unpaired) electrons. The van der Waals surface area contributed by atoms with E-state index in [1.807, 2.05) is 10.6 Å². The van der Waals surface area contributed by atoms with E-state index in [0.29, 0.717) is 5.95 Å². The second kappa shape index (κ2) is 4.51. The number of ether oxygens (including phenoxy) is 1. The smallest absolute Gasteiger partial charge is 0.202 e. The predicted octanol–water partition coefficient (Wildman–Crippen LogP) is 2.52. The van der Waals surface area contributed by atoms with Crippen LogP contribution < -0.4 is 5.73 Å². The van der Waals surface area contributed by atoms with Crippen molar-refractivity contribution in [1.29, 1.82) is 0 Å². The summed E-state index contributed by atoms with van der Waals surface area (Å²) < 4.78 is 8.60. The van der Waals surface area contributed by atoms with E-state index in [-0.39, 0.29) is 12.1 Å². The molecule has 2 atom stereocenters. The number of hydrogen-bond acceptors (Lipinski definition) is 4. The first-order valence-electron chi connectivity index (χ1n) is 6.07. The molecule has 2 aromatic rings. The largest absolute Gasteiger partial charge is 0.376 e. The maximum atomic E-state index is 6.01. The van der Waals surface area contributed by atoms with Crippen molar-refractivity contribution in [2.75, 3.05) is 12.3 Å². The summed E-state index contributed by atoms with van der Waals surface area (Å²) in [5.74, 6) is 0.499. The Kier molecular flexibility index (Phi) is 2.99. The van der Waals surface area contributed by atoms with E-state index >= 15 is 0 Å². The Bertz CT molecular complexity index is 577. The van der Waals surface area contributed by atoms with Crippen LogP contribution in [0.4, 0.5) is 5.95 Å². The summed E-state index contributed by atoms with van der Waals surface area (Å²) in [6.45, 7) is 2.94. The van der Waals surface area contributed by atoms with Gasteiger partial charge in [-0.05, 0) is 41.8 Å². The van der Waals surface area contributed by atoms with Crippen molar-refractivity contribution in [2.45, 2.75) is 31.9 Å². The standard InChI is InChI=1S/C12H15BrN4O/c1-7(10-3-2-4-18-10)17-11-9(16-12(17)14)5-8(13)6-15-11/h5-7,10H,2-4H2,1H3,(H2,14,16). The highest BCUT2D eigenvalue weighted by Gasteiger charge is 2.26. The second-order valence-electron chi connectivity index (χ2n) is 4.63. The maximum absolute atomic E-state index is 6.01.